The highest BCUT2D eigenvalue weighted by Crippen LogP contribution is 2.25. The fraction of sp³-hybridized carbons (Fsp3) is 0.316. The fourth-order valence-electron chi connectivity index (χ4n) is 2.85. The number of nitrogens with one attached hydrogen (secondary N) is 1. The zero-order valence-electron chi connectivity index (χ0n) is 13.3. The number of fused-ring (bicyclic) bond motifs is 1. The monoisotopic (exact) mass is 329 g/mol. The molecule has 5 heteroatoms. The number of halogens is 1. The van der Waals surface area contributed by atoms with Crippen LogP contribution in [-0.4, -0.2) is 24.2 Å². The van der Waals surface area contributed by atoms with Crippen molar-refractivity contribution in [3.05, 3.63) is 65.0 Å². The van der Waals surface area contributed by atoms with Crippen LogP contribution < -0.4 is 10.1 Å². The van der Waals surface area contributed by atoms with Gasteiger partial charge in [-0.2, -0.15) is 0 Å². The Morgan fingerprint density at radius 2 is 1.92 bits per heavy atom. The van der Waals surface area contributed by atoms with E-state index < -0.39 is 6.10 Å². The maximum absolute atomic E-state index is 12.8. The van der Waals surface area contributed by atoms with Crippen molar-refractivity contribution >= 4 is 5.91 Å². The van der Waals surface area contributed by atoms with Gasteiger partial charge in [-0.1, -0.05) is 18.2 Å². The minimum absolute atomic E-state index is 0.0536. The third kappa shape index (κ3) is 4.11. The Balaban J connectivity index is 1.45. The van der Waals surface area contributed by atoms with E-state index in [4.69, 9.17) is 4.74 Å². The number of rotatable bonds is 6. The second-order valence-electron chi connectivity index (χ2n) is 5.94. The summed E-state index contributed by atoms with van der Waals surface area (Å²) in [6.45, 7) is -0.0487. The second kappa shape index (κ2) is 7.45. The molecule has 0 heterocycles. The summed E-state index contributed by atoms with van der Waals surface area (Å²) in [5.41, 5.74) is 3.20. The van der Waals surface area contributed by atoms with Gasteiger partial charge in [0.1, 0.15) is 11.6 Å². The van der Waals surface area contributed by atoms with Gasteiger partial charge >= 0.3 is 0 Å². The molecule has 2 aromatic carbocycles. The molecule has 3 rings (SSSR count). The number of hydrogen-bond acceptors (Lipinski definition) is 3. The first kappa shape index (κ1) is 16.5. The summed E-state index contributed by atoms with van der Waals surface area (Å²) < 4.78 is 18.3. The molecule has 0 saturated carbocycles. The zero-order valence-corrected chi connectivity index (χ0v) is 13.3. The molecule has 1 aliphatic rings. The van der Waals surface area contributed by atoms with Gasteiger partial charge < -0.3 is 15.2 Å². The maximum atomic E-state index is 12.8. The van der Waals surface area contributed by atoms with Crippen LogP contribution >= 0.6 is 0 Å². The average Bonchev–Trinajstić information content (AvgIpc) is 3.06. The van der Waals surface area contributed by atoms with E-state index >= 15 is 0 Å². The molecular formula is C19H20FNO3. The lowest BCUT2D eigenvalue weighted by Crippen LogP contribution is -2.32. The lowest BCUT2D eigenvalue weighted by molar-refractivity contribution is -0.123. The molecule has 2 aromatic rings. The standard InChI is InChI=1S/C19H20FNO3/c20-16-7-4-14(5-8-16)18(22)11-21-19(23)12-24-17-9-6-13-2-1-3-15(13)10-17/h4-10,18,22H,1-3,11-12H2,(H,21,23). The minimum Gasteiger partial charge on any atom is -0.484 e. The SMILES string of the molecule is O=C(COc1ccc2c(c1)CCC2)NCC(O)c1ccc(F)cc1. The van der Waals surface area contributed by atoms with Crippen LogP contribution in [0.5, 0.6) is 5.75 Å². The van der Waals surface area contributed by atoms with E-state index in [0.717, 1.165) is 12.8 Å². The molecule has 0 aliphatic heterocycles. The molecule has 4 nitrogen and oxygen atoms in total. The molecule has 0 aromatic heterocycles. The Morgan fingerprint density at radius 3 is 2.71 bits per heavy atom. The van der Waals surface area contributed by atoms with Crippen LogP contribution in [0.3, 0.4) is 0 Å². The van der Waals surface area contributed by atoms with E-state index in [1.807, 2.05) is 18.2 Å². The minimum atomic E-state index is -0.880. The molecule has 0 saturated heterocycles. The van der Waals surface area contributed by atoms with E-state index in [0.29, 0.717) is 11.3 Å². The highest BCUT2D eigenvalue weighted by molar-refractivity contribution is 5.77. The van der Waals surface area contributed by atoms with Crippen molar-refractivity contribution in [3.8, 4) is 5.75 Å². The Bertz CT molecular complexity index is 715. The molecule has 0 spiro atoms. The number of hydrogen-bond donors (Lipinski definition) is 2. The largest absolute Gasteiger partial charge is 0.484 e. The number of benzene rings is 2. The molecule has 0 fully saturated rings. The predicted octanol–water partition coefficient (Wildman–Crippen LogP) is 2.54. The summed E-state index contributed by atoms with van der Waals surface area (Å²) in [4.78, 5) is 11.8. The highest BCUT2D eigenvalue weighted by Gasteiger charge is 2.13. The van der Waals surface area contributed by atoms with Gasteiger partial charge in [0, 0.05) is 6.54 Å². The van der Waals surface area contributed by atoms with Crippen molar-refractivity contribution in [3.63, 3.8) is 0 Å². The first-order valence-corrected chi connectivity index (χ1v) is 8.06. The van der Waals surface area contributed by atoms with Crippen molar-refractivity contribution in [1.29, 1.82) is 0 Å². The van der Waals surface area contributed by atoms with Crippen LogP contribution in [0.4, 0.5) is 4.39 Å². The molecule has 1 aliphatic carbocycles. The van der Waals surface area contributed by atoms with Crippen LogP contribution in [0, 0.1) is 5.82 Å². The third-order valence-electron chi connectivity index (χ3n) is 4.19. The van der Waals surface area contributed by atoms with Crippen molar-refractivity contribution in [1.82, 2.24) is 5.32 Å². The van der Waals surface area contributed by atoms with Gasteiger partial charge in [-0.15, -0.1) is 0 Å². The number of carbonyl (C=O) groups excluding carboxylic acids is 1. The molecule has 1 unspecified atom stereocenters. The number of carbonyl (C=O) groups is 1. The van der Waals surface area contributed by atoms with E-state index in [-0.39, 0.29) is 24.9 Å². The molecule has 0 bridgehead atoms. The summed E-state index contributed by atoms with van der Waals surface area (Å²) >= 11 is 0. The molecule has 126 valence electrons. The molecular weight excluding hydrogens is 309 g/mol. The summed E-state index contributed by atoms with van der Waals surface area (Å²) in [6.07, 6.45) is 2.45. The van der Waals surface area contributed by atoms with Gasteiger partial charge in [-0.05, 0) is 60.2 Å². The number of ether oxygens (including phenoxy) is 1. The van der Waals surface area contributed by atoms with Gasteiger partial charge in [0.05, 0.1) is 6.10 Å². The predicted molar refractivity (Wildman–Crippen MR) is 88.3 cm³/mol. The molecule has 0 radical (unpaired) electrons. The van der Waals surface area contributed by atoms with Gasteiger partial charge in [-0.3, -0.25) is 4.79 Å². The summed E-state index contributed by atoms with van der Waals surface area (Å²) in [7, 11) is 0. The lowest BCUT2D eigenvalue weighted by Gasteiger charge is -2.13. The Kier molecular flexibility index (Phi) is 5.11. The van der Waals surface area contributed by atoms with Gasteiger partial charge in [-0.25, -0.2) is 4.39 Å². The lowest BCUT2D eigenvalue weighted by atomic mass is 10.1. The second-order valence-corrected chi connectivity index (χ2v) is 5.94. The number of aryl methyl sites for hydroxylation is 2. The van der Waals surface area contributed by atoms with Gasteiger partial charge in [0.25, 0.3) is 5.91 Å². The Morgan fingerprint density at radius 1 is 1.17 bits per heavy atom. The fourth-order valence-corrected chi connectivity index (χ4v) is 2.85. The summed E-state index contributed by atoms with van der Waals surface area (Å²) in [5.74, 6) is 0.0132. The van der Waals surface area contributed by atoms with Crippen molar-refractivity contribution < 1.29 is 19.0 Å². The molecule has 2 N–H and O–H groups in total. The summed E-state index contributed by atoms with van der Waals surface area (Å²) in [5, 5.41) is 12.6. The quantitative estimate of drug-likeness (QED) is 0.856. The summed E-state index contributed by atoms with van der Waals surface area (Å²) in [6, 6.07) is 11.5. The first-order chi connectivity index (χ1) is 11.6. The smallest absolute Gasteiger partial charge is 0.258 e. The molecule has 1 atom stereocenters. The van der Waals surface area contributed by atoms with Crippen LogP contribution in [0.15, 0.2) is 42.5 Å². The van der Waals surface area contributed by atoms with Crippen LogP contribution in [0.1, 0.15) is 29.2 Å². The number of aliphatic hydroxyl groups is 1. The van der Waals surface area contributed by atoms with Crippen LogP contribution in [0.25, 0.3) is 0 Å². The third-order valence-corrected chi connectivity index (χ3v) is 4.19. The Hall–Kier alpha value is -2.40. The molecule has 1 amide bonds. The normalized spacial score (nSPS) is 14.1. The number of amides is 1. The number of aliphatic hydroxyl groups excluding tert-OH is 1. The highest BCUT2D eigenvalue weighted by atomic mass is 19.1. The van der Waals surface area contributed by atoms with Crippen molar-refractivity contribution in [2.24, 2.45) is 0 Å². The zero-order chi connectivity index (χ0) is 16.9. The van der Waals surface area contributed by atoms with E-state index in [1.54, 1.807) is 0 Å². The van der Waals surface area contributed by atoms with Gasteiger partial charge in [0.15, 0.2) is 6.61 Å². The average molecular weight is 329 g/mol. The van der Waals surface area contributed by atoms with Crippen molar-refractivity contribution in [2.45, 2.75) is 25.4 Å². The van der Waals surface area contributed by atoms with E-state index in [1.165, 1.54) is 41.8 Å². The van der Waals surface area contributed by atoms with Crippen LogP contribution in [0.2, 0.25) is 0 Å². The Labute approximate surface area is 140 Å². The van der Waals surface area contributed by atoms with E-state index in [2.05, 4.69) is 5.32 Å². The molecule has 24 heavy (non-hydrogen) atoms. The maximum Gasteiger partial charge on any atom is 0.258 e. The van der Waals surface area contributed by atoms with Gasteiger partial charge in [0.2, 0.25) is 0 Å². The van der Waals surface area contributed by atoms with Crippen molar-refractivity contribution in [2.75, 3.05) is 13.2 Å². The van der Waals surface area contributed by atoms with E-state index in [9.17, 15) is 14.3 Å². The topological polar surface area (TPSA) is 58.6 Å². The first-order valence-electron chi connectivity index (χ1n) is 8.06. The van der Waals surface area contributed by atoms with Crippen LogP contribution in [-0.2, 0) is 17.6 Å².